The van der Waals surface area contributed by atoms with Crippen molar-refractivity contribution < 1.29 is 9.84 Å². The van der Waals surface area contributed by atoms with Crippen molar-refractivity contribution in [1.29, 1.82) is 0 Å². The highest BCUT2D eigenvalue weighted by Crippen LogP contribution is 2.23. The summed E-state index contributed by atoms with van der Waals surface area (Å²) in [5.41, 5.74) is 6.62. The summed E-state index contributed by atoms with van der Waals surface area (Å²) in [6.45, 7) is 0.548. The molecule has 1 aromatic carbocycles. The van der Waals surface area contributed by atoms with Gasteiger partial charge < -0.3 is 15.6 Å². The van der Waals surface area contributed by atoms with E-state index in [4.69, 9.17) is 10.5 Å². The second kappa shape index (κ2) is 5.32. The van der Waals surface area contributed by atoms with Gasteiger partial charge in [0.25, 0.3) is 0 Å². The molecule has 2 unspecified atom stereocenters. The van der Waals surface area contributed by atoms with E-state index in [9.17, 15) is 5.11 Å². The first-order chi connectivity index (χ1) is 7.79. The van der Waals surface area contributed by atoms with Crippen LogP contribution in [0.3, 0.4) is 0 Å². The zero-order valence-corrected chi connectivity index (χ0v) is 9.43. The predicted octanol–water partition coefficient (Wildman–Crippen LogP) is 1.83. The third kappa shape index (κ3) is 2.74. The molecular formula is C13H19NO2. The number of aliphatic hydroxyl groups is 1. The first kappa shape index (κ1) is 11.4. The van der Waals surface area contributed by atoms with Crippen LogP contribution in [-0.2, 0) is 6.54 Å². The van der Waals surface area contributed by atoms with Crippen molar-refractivity contribution in [1.82, 2.24) is 0 Å². The highest BCUT2D eigenvalue weighted by molar-refractivity contribution is 5.27. The molecule has 2 rings (SSSR count). The Balaban J connectivity index is 1.96. The van der Waals surface area contributed by atoms with E-state index >= 15 is 0 Å². The van der Waals surface area contributed by atoms with E-state index in [1.54, 1.807) is 0 Å². The van der Waals surface area contributed by atoms with E-state index in [2.05, 4.69) is 0 Å². The van der Waals surface area contributed by atoms with Crippen LogP contribution in [0.15, 0.2) is 24.3 Å². The maximum Gasteiger partial charge on any atom is 0.124 e. The minimum absolute atomic E-state index is 0.0440. The summed E-state index contributed by atoms with van der Waals surface area (Å²) in [5.74, 6) is 0.822. The fourth-order valence-electron chi connectivity index (χ4n) is 2.09. The van der Waals surface area contributed by atoms with Crippen molar-refractivity contribution in [2.24, 2.45) is 5.73 Å². The number of ether oxygens (including phenoxy) is 1. The molecule has 1 fully saturated rings. The lowest BCUT2D eigenvalue weighted by atomic mass is 9.95. The van der Waals surface area contributed by atoms with Gasteiger partial charge in [-0.25, -0.2) is 0 Å². The molecule has 0 bridgehead atoms. The van der Waals surface area contributed by atoms with Crippen LogP contribution in [0.1, 0.15) is 31.2 Å². The Morgan fingerprint density at radius 3 is 2.50 bits per heavy atom. The lowest BCUT2D eigenvalue weighted by Crippen LogP contribution is -2.34. The van der Waals surface area contributed by atoms with Crippen molar-refractivity contribution in [3.63, 3.8) is 0 Å². The molecule has 3 nitrogen and oxygen atoms in total. The second-order valence-electron chi connectivity index (χ2n) is 4.36. The highest BCUT2D eigenvalue weighted by atomic mass is 16.5. The van der Waals surface area contributed by atoms with Gasteiger partial charge in [-0.2, -0.15) is 0 Å². The van der Waals surface area contributed by atoms with Crippen molar-refractivity contribution in [2.75, 3.05) is 0 Å². The lowest BCUT2D eigenvalue weighted by Gasteiger charge is -2.28. The van der Waals surface area contributed by atoms with Gasteiger partial charge in [-0.1, -0.05) is 18.6 Å². The smallest absolute Gasteiger partial charge is 0.124 e. The number of hydrogen-bond acceptors (Lipinski definition) is 3. The molecule has 88 valence electrons. The summed E-state index contributed by atoms with van der Waals surface area (Å²) >= 11 is 0. The first-order valence-electron chi connectivity index (χ1n) is 5.93. The van der Waals surface area contributed by atoms with Crippen LogP contribution in [0.4, 0.5) is 0 Å². The number of aliphatic hydroxyl groups excluding tert-OH is 1. The molecule has 16 heavy (non-hydrogen) atoms. The summed E-state index contributed by atoms with van der Waals surface area (Å²) < 4.78 is 5.78. The summed E-state index contributed by atoms with van der Waals surface area (Å²) in [6.07, 6.45) is 3.68. The molecule has 0 saturated heterocycles. The Kier molecular flexibility index (Phi) is 3.80. The second-order valence-corrected chi connectivity index (χ2v) is 4.36. The van der Waals surface area contributed by atoms with E-state index in [1.165, 1.54) is 0 Å². The normalized spacial score (nSPS) is 25.4. The molecule has 0 amide bonds. The Labute approximate surface area is 96.2 Å². The average molecular weight is 221 g/mol. The molecule has 1 saturated carbocycles. The number of hydrogen-bond donors (Lipinski definition) is 2. The minimum atomic E-state index is -0.317. The lowest BCUT2D eigenvalue weighted by molar-refractivity contribution is 0.00687. The largest absolute Gasteiger partial charge is 0.488 e. The van der Waals surface area contributed by atoms with E-state index in [0.29, 0.717) is 6.54 Å². The fourth-order valence-corrected chi connectivity index (χ4v) is 2.09. The van der Waals surface area contributed by atoms with E-state index < -0.39 is 0 Å². The third-order valence-electron chi connectivity index (χ3n) is 3.11. The van der Waals surface area contributed by atoms with Gasteiger partial charge in [-0.3, -0.25) is 0 Å². The first-order valence-corrected chi connectivity index (χ1v) is 5.93. The predicted molar refractivity (Wildman–Crippen MR) is 63.2 cm³/mol. The molecule has 2 atom stereocenters. The summed E-state index contributed by atoms with van der Waals surface area (Å²) in [4.78, 5) is 0. The quantitative estimate of drug-likeness (QED) is 0.818. The Morgan fingerprint density at radius 1 is 1.19 bits per heavy atom. The molecule has 0 aromatic heterocycles. The van der Waals surface area contributed by atoms with Gasteiger partial charge in [0.05, 0.1) is 6.10 Å². The Morgan fingerprint density at radius 2 is 1.88 bits per heavy atom. The van der Waals surface area contributed by atoms with Crippen LogP contribution in [-0.4, -0.2) is 17.3 Å². The molecule has 0 spiro atoms. The van der Waals surface area contributed by atoms with Crippen LogP contribution >= 0.6 is 0 Å². The SMILES string of the molecule is NCc1ccc(OC2CCCCC2O)cc1. The molecule has 0 radical (unpaired) electrons. The molecular weight excluding hydrogens is 202 g/mol. The maximum atomic E-state index is 9.79. The van der Waals surface area contributed by atoms with Gasteiger partial charge in [-0.15, -0.1) is 0 Å². The van der Waals surface area contributed by atoms with Crippen LogP contribution in [0.25, 0.3) is 0 Å². The minimum Gasteiger partial charge on any atom is -0.488 e. The van der Waals surface area contributed by atoms with Gasteiger partial charge in [0.15, 0.2) is 0 Å². The fraction of sp³-hybridized carbons (Fsp3) is 0.538. The summed E-state index contributed by atoms with van der Waals surface area (Å²) in [6, 6.07) is 7.77. The molecule has 1 aromatic rings. The Bertz CT molecular complexity index is 323. The van der Waals surface area contributed by atoms with Gasteiger partial charge >= 0.3 is 0 Å². The zero-order chi connectivity index (χ0) is 11.4. The molecule has 3 heteroatoms. The standard InChI is InChI=1S/C13H19NO2/c14-9-10-5-7-11(8-6-10)16-13-4-2-1-3-12(13)15/h5-8,12-13,15H,1-4,9,14H2. The highest BCUT2D eigenvalue weighted by Gasteiger charge is 2.24. The van der Waals surface area contributed by atoms with Crippen LogP contribution in [0.5, 0.6) is 5.75 Å². The van der Waals surface area contributed by atoms with Crippen LogP contribution in [0, 0.1) is 0 Å². The number of rotatable bonds is 3. The summed E-state index contributed by atoms with van der Waals surface area (Å²) in [7, 11) is 0. The van der Waals surface area contributed by atoms with E-state index in [0.717, 1.165) is 37.0 Å². The topological polar surface area (TPSA) is 55.5 Å². The maximum absolute atomic E-state index is 9.79. The van der Waals surface area contributed by atoms with E-state index in [1.807, 2.05) is 24.3 Å². The van der Waals surface area contributed by atoms with E-state index in [-0.39, 0.29) is 12.2 Å². The Hall–Kier alpha value is -1.06. The molecule has 3 N–H and O–H groups in total. The number of benzene rings is 1. The summed E-state index contributed by atoms with van der Waals surface area (Å²) in [5, 5.41) is 9.79. The third-order valence-corrected chi connectivity index (χ3v) is 3.11. The van der Waals surface area contributed by atoms with Gasteiger partial charge in [0.2, 0.25) is 0 Å². The average Bonchev–Trinajstić information content (AvgIpc) is 2.33. The molecule has 0 aliphatic heterocycles. The van der Waals surface area contributed by atoms with Crippen molar-refractivity contribution >= 4 is 0 Å². The van der Waals surface area contributed by atoms with Crippen molar-refractivity contribution in [2.45, 2.75) is 44.4 Å². The van der Waals surface area contributed by atoms with Crippen LogP contribution < -0.4 is 10.5 Å². The monoisotopic (exact) mass is 221 g/mol. The molecule has 0 heterocycles. The number of nitrogens with two attached hydrogens (primary N) is 1. The zero-order valence-electron chi connectivity index (χ0n) is 9.43. The molecule has 1 aliphatic rings. The van der Waals surface area contributed by atoms with Gasteiger partial charge in [-0.05, 0) is 37.0 Å². The van der Waals surface area contributed by atoms with Crippen molar-refractivity contribution in [3.05, 3.63) is 29.8 Å². The van der Waals surface area contributed by atoms with Gasteiger partial charge in [0.1, 0.15) is 11.9 Å². The molecule has 1 aliphatic carbocycles. The van der Waals surface area contributed by atoms with Crippen LogP contribution in [0.2, 0.25) is 0 Å². The van der Waals surface area contributed by atoms with Gasteiger partial charge in [0, 0.05) is 6.54 Å². The van der Waals surface area contributed by atoms with Crippen molar-refractivity contribution in [3.8, 4) is 5.75 Å².